The Kier molecular flexibility index (Phi) is 3.48. The molecule has 100 valence electrons. The zero-order valence-corrected chi connectivity index (χ0v) is 9.53. The van der Waals surface area contributed by atoms with E-state index < -0.39 is 23.6 Å². The minimum atomic E-state index is -4.55. The first kappa shape index (κ1) is 13.4. The molecule has 2 N–H and O–H groups in total. The fraction of sp³-hybridized carbons (Fsp3) is 0.167. The van der Waals surface area contributed by atoms with Crippen molar-refractivity contribution < 1.29 is 17.6 Å². The summed E-state index contributed by atoms with van der Waals surface area (Å²) < 4.78 is 51.3. The van der Waals surface area contributed by atoms with Crippen LogP contribution in [-0.4, -0.2) is 9.97 Å². The highest BCUT2D eigenvalue weighted by Gasteiger charge is 2.32. The first-order valence-electron chi connectivity index (χ1n) is 5.27. The number of alkyl halides is 3. The van der Waals surface area contributed by atoms with Crippen LogP contribution in [0.1, 0.15) is 22.9 Å². The van der Waals surface area contributed by atoms with E-state index in [0.29, 0.717) is 12.1 Å². The van der Waals surface area contributed by atoms with Gasteiger partial charge in [0.25, 0.3) is 0 Å². The van der Waals surface area contributed by atoms with Crippen LogP contribution < -0.4 is 5.73 Å². The van der Waals surface area contributed by atoms with Crippen LogP contribution in [-0.2, 0) is 6.18 Å². The monoisotopic (exact) mass is 271 g/mol. The van der Waals surface area contributed by atoms with Gasteiger partial charge in [-0.15, -0.1) is 0 Å². The van der Waals surface area contributed by atoms with Crippen LogP contribution >= 0.6 is 0 Å². The lowest BCUT2D eigenvalue weighted by atomic mass is 10.0. The molecule has 0 radical (unpaired) electrons. The van der Waals surface area contributed by atoms with Crippen molar-refractivity contribution in [1.82, 2.24) is 9.97 Å². The molecule has 1 aromatic heterocycles. The average Bonchev–Trinajstić information content (AvgIpc) is 2.38. The van der Waals surface area contributed by atoms with Gasteiger partial charge in [0, 0.05) is 18.0 Å². The van der Waals surface area contributed by atoms with Gasteiger partial charge in [0.05, 0.1) is 23.5 Å². The molecule has 0 saturated carbocycles. The quantitative estimate of drug-likeness (QED) is 0.854. The fourth-order valence-electron chi connectivity index (χ4n) is 1.59. The van der Waals surface area contributed by atoms with E-state index in [1.54, 1.807) is 0 Å². The first-order chi connectivity index (χ1) is 8.89. The van der Waals surface area contributed by atoms with Crippen molar-refractivity contribution in [3.05, 3.63) is 59.4 Å². The number of aromatic nitrogens is 2. The van der Waals surface area contributed by atoms with Crippen LogP contribution in [0.15, 0.2) is 36.8 Å². The van der Waals surface area contributed by atoms with E-state index in [-0.39, 0.29) is 11.3 Å². The van der Waals surface area contributed by atoms with Crippen LogP contribution in [0.2, 0.25) is 0 Å². The third-order valence-electron chi connectivity index (χ3n) is 2.56. The van der Waals surface area contributed by atoms with Crippen LogP contribution in [0.3, 0.4) is 0 Å². The zero-order chi connectivity index (χ0) is 14.0. The van der Waals surface area contributed by atoms with Crippen LogP contribution in [0.4, 0.5) is 17.6 Å². The van der Waals surface area contributed by atoms with Gasteiger partial charge in [-0.2, -0.15) is 13.2 Å². The molecule has 1 unspecified atom stereocenters. The minimum Gasteiger partial charge on any atom is -0.319 e. The molecule has 0 bridgehead atoms. The predicted molar refractivity (Wildman–Crippen MR) is 59.5 cm³/mol. The lowest BCUT2D eigenvalue weighted by Gasteiger charge is -2.14. The van der Waals surface area contributed by atoms with E-state index in [1.165, 1.54) is 18.6 Å². The zero-order valence-electron chi connectivity index (χ0n) is 9.53. The lowest BCUT2D eigenvalue weighted by Crippen LogP contribution is -2.17. The number of hydrogen-bond acceptors (Lipinski definition) is 3. The summed E-state index contributed by atoms with van der Waals surface area (Å²) in [6.45, 7) is 0. The maximum absolute atomic E-state index is 13.6. The second-order valence-corrected chi connectivity index (χ2v) is 3.84. The molecule has 1 aromatic carbocycles. The number of nitrogens with two attached hydrogens (primary N) is 1. The van der Waals surface area contributed by atoms with Gasteiger partial charge in [-0.3, -0.25) is 9.97 Å². The van der Waals surface area contributed by atoms with Crippen molar-refractivity contribution in [3.8, 4) is 0 Å². The average molecular weight is 271 g/mol. The molecule has 0 aliphatic rings. The van der Waals surface area contributed by atoms with Gasteiger partial charge < -0.3 is 5.73 Å². The summed E-state index contributed by atoms with van der Waals surface area (Å²) >= 11 is 0. The summed E-state index contributed by atoms with van der Waals surface area (Å²) in [6, 6.07) is 1.00. The highest BCUT2D eigenvalue weighted by molar-refractivity contribution is 5.33. The number of nitrogens with zero attached hydrogens (tertiary/aromatic N) is 2. The molecule has 0 aliphatic carbocycles. The van der Waals surface area contributed by atoms with E-state index in [0.717, 1.165) is 6.07 Å². The summed E-state index contributed by atoms with van der Waals surface area (Å²) in [4.78, 5) is 7.60. The summed E-state index contributed by atoms with van der Waals surface area (Å²) in [7, 11) is 0. The molecule has 3 nitrogen and oxygen atoms in total. The van der Waals surface area contributed by atoms with Crippen molar-refractivity contribution in [2.45, 2.75) is 12.2 Å². The standard InChI is InChI=1S/C12H9F4N3/c13-9-2-1-7(12(14,15)16)5-8(9)11(17)10-6-18-3-4-19-10/h1-6,11H,17H2. The Morgan fingerprint density at radius 2 is 1.89 bits per heavy atom. The van der Waals surface area contributed by atoms with Crippen molar-refractivity contribution >= 4 is 0 Å². The maximum Gasteiger partial charge on any atom is 0.416 e. The Morgan fingerprint density at radius 3 is 2.47 bits per heavy atom. The molecular formula is C12H9F4N3. The Morgan fingerprint density at radius 1 is 1.16 bits per heavy atom. The number of rotatable bonds is 2. The van der Waals surface area contributed by atoms with E-state index in [1.807, 2.05) is 0 Å². The van der Waals surface area contributed by atoms with Crippen molar-refractivity contribution in [3.63, 3.8) is 0 Å². The van der Waals surface area contributed by atoms with Crippen molar-refractivity contribution in [2.24, 2.45) is 5.73 Å². The predicted octanol–water partition coefficient (Wildman–Crippen LogP) is 2.68. The molecule has 0 fully saturated rings. The number of halogens is 4. The smallest absolute Gasteiger partial charge is 0.319 e. The van der Waals surface area contributed by atoms with Crippen molar-refractivity contribution in [2.75, 3.05) is 0 Å². The van der Waals surface area contributed by atoms with E-state index in [9.17, 15) is 17.6 Å². The summed E-state index contributed by atoms with van der Waals surface area (Å²) in [6.07, 6.45) is -0.547. The molecule has 0 amide bonds. The molecule has 0 saturated heterocycles. The van der Waals surface area contributed by atoms with Gasteiger partial charge >= 0.3 is 6.18 Å². The topological polar surface area (TPSA) is 51.8 Å². The van der Waals surface area contributed by atoms with E-state index >= 15 is 0 Å². The van der Waals surface area contributed by atoms with E-state index in [4.69, 9.17) is 5.73 Å². The lowest BCUT2D eigenvalue weighted by molar-refractivity contribution is -0.137. The Bertz CT molecular complexity index is 569. The Hall–Kier alpha value is -2.02. The molecule has 1 atom stereocenters. The third-order valence-corrected chi connectivity index (χ3v) is 2.56. The molecule has 0 spiro atoms. The number of benzene rings is 1. The van der Waals surface area contributed by atoms with Crippen LogP contribution in [0.25, 0.3) is 0 Å². The summed E-state index contributed by atoms with van der Waals surface area (Å²) in [5.41, 5.74) is 4.69. The largest absolute Gasteiger partial charge is 0.416 e. The van der Waals surface area contributed by atoms with Gasteiger partial charge in [-0.05, 0) is 18.2 Å². The molecule has 2 rings (SSSR count). The Labute approximate surface area is 106 Å². The highest BCUT2D eigenvalue weighted by Crippen LogP contribution is 2.32. The second-order valence-electron chi connectivity index (χ2n) is 3.84. The van der Waals surface area contributed by atoms with Crippen LogP contribution in [0, 0.1) is 5.82 Å². The molecule has 7 heteroatoms. The molecule has 0 aliphatic heterocycles. The molecular weight excluding hydrogens is 262 g/mol. The van der Waals surface area contributed by atoms with Gasteiger partial charge in [0.15, 0.2) is 0 Å². The number of hydrogen-bond donors (Lipinski definition) is 1. The van der Waals surface area contributed by atoms with Crippen molar-refractivity contribution in [1.29, 1.82) is 0 Å². The third kappa shape index (κ3) is 2.87. The fourth-order valence-corrected chi connectivity index (χ4v) is 1.59. The minimum absolute atomic E-state index is 0.195. The second kappa shape index (κ2) is 4.93. The maximum atomic E-state index is 13.6. The van der Waals surface area contributed by atoms with Gasteiger partial charge in [0.1, 0.15) is 5.82 Å². The Balaban J connectivity index is 2.45. The molecule has 2 aromatic rings. The van der Waals surface area contributed by atoms with E-state index in [2.05, 4.69) is 9.97 Å². The summed E-state index contributed by atoms with van der Waals surface area (Å²) in [5.74, 6) is -0.814. The normalized spacial score (nSPS) is 13.3. The molecule has 19 heavy (non-hydrogen) atoms. The van der Waals surface area contributed by atoms with Gasteiger partial charge in [-0.25, -0.2) is 4.39 Å². The summed E-state index contributed by atoms with van der Waals surface area (Å²) in [5, 5.41) is 0. The SMILES string of the molecule is NC(c1cnccn1)c1cc(C(F)(F)F)ccc1F. The highest BCUT2D eigenvalue weighted by atomic mass is 19.4. The first-order valence-corrected chi connectivity index (χ1v) is 5.27. The molecule has 1 heterocycles. The van der Waals surface area contributed by atoms with Gasteiger partial charge in [-0.1, -0.05) is 0 Å². The van der Waals surface area contributed by atoms with Gasteiger partial charge in [0.2, 0.25) is 0 Å². The van der Waals surface area contributed by atoms with Crippen LogP contribution in [0.5, 0.6) is 0 Å².